The van der Waals surface area contributed by atoms with Crippen LogP contribution in [0.25, 0.3) is 4.85 Å². The average molecular weight is 215 g/mol. The van der Waals surface area contributed by atoms with Gasteiger partial charge in [0.2, 0.25) is 0 Å². The molecule has 0 radical (unpaired) electrons. The fourth-order valence-electron chi connectivity index (χ4n) is 1.10. The molecule has 0 aromatic carbocycles. The zero-order chi connectivity index (χ0) is 11.6. The highest BCUT2D eigenvalue weighted by molar-refractivity contribution is 4.99. The molecular formula is C11H21NO3. The number of hydrogen-bond donors (Lipinski definition) is 0. The lowest BCUT2D eigenvalue weighted by Crippen LogP contribution is -2.41. The van der Waals surface area contributed by atoms with E-state index in [1.807, 2.05) is 20.8 Å². The van der Waals surface area contributed by atoms with E-state index < -0.39 is 5.54 Å². The van der Waals surface area contributed by atoms with E-state index in [1.54, 1.807) is 0 Å². The van der Waals surface area contributed by atoms with Gasteiger partial charge in [0.15, 0.2) is 0 Å². The summed E-state index contributed by atoms with van der Waals surface area (Å²) in [7, 11) is 0. The van der Waals surface area contributed by atoms with Crippen LogP contribution in [0.1, 0.15) is 20.8 Å². The van der Waals surface area contributed by atoms with E-state index in [2.05, 4.69) is 4.85 Å². The van der Waals surface area contributed by atoms with Crippen LogP contribution in [0.15, 0.2) is 0 Å². The summed E-state index contributed by atoms with van der Waals surface area (Å²) in [5, 5.41) is 0. The lowest BCUT2D eigenvalue weighted by atomic mass is 10.1. The van der Waals surface area contributed by atoms with Gasteiger partial charge in [-0.3, -0.25) is 0 Å². The Morgan fingerprint density at radius 1 is 0.867 bits per heavy atom. The first kappa shape index (κ1) is 14.4. The van der Waals surface area contributed by atoms with Gasteiger partial charge >= 0.3 is 5.54 Å². The van der Waals surface area contributed by atoms with Crippen molar-refractivity contribution in [3.05, 3.63) is 11.4 Å². The molecule has 0 saturated heterocycles. The van der Waals surface area contributed by atoms with Crippen LogP contribution in [0, 0.1) is 6.57 Å². The van der Waals surface area contributed by atoms with E-state index in [9.17, 15) is 0 Å². The van der Waals surface area contributed by atoms with Gasteiger partial charge in [-0.1, -0.05) is 0 Å². The van der Waals surface area contributed by atoms with E-state index in [0.717, 1.165) is 0 Å². The van der Waals surface area contributed by atoms with Gasteiger partial charge in [-0.05, 0) is 20.8 Å². The topological polar surface area (TPSA) is 32.0 Å². The van der Waals surface area contributed by atoms with E-state index in [4.69, 9.17) is 20.8 Å². The minimum Gasteiger partial charge on any atom is -0.373 e. The van der Waals surface area contributed by atoms with Crippen molar-refractivity contribution >= 4 is 0 Å². The summed E-state index contributed by atoms with van der Waals surface area (Å²) >= 11 is 0. The first-order valence-electron chi connectivity index (χ1n) is 5.36. The Labute approximate surface area is 92.3 Å². The predicted octanol–water partition coefficient (Wildman–Crippen LogP) is 1.75. The van der Waals surface area contributed by atoms with Gasteiger partial charge in [-0.15, -0.1) is 0 Å². The molecular weight excluding hydrogens is 194 g/mol. The minimum absolute atomic E-state index is 0.368. The molecule has 0 aromatic rings. The van der Waals surface area contributed by atoms with Crippen LogP contribution in [0.2, 0.25) is 0 Å². The SMILES string of the molecule is [C-]#[N+]C(COCC)(COCC)COCC. The summed E-state index contributed by atoms with van der Waals surface area (Å²) < 4.78 is 15.9. The van der Waals surface area contributed by atoms with Crippen molar-refractivity contribution in [2.75, 3.05) is 39.6 Å². The van der Waals surface area contributed by atoms with Crippen LogP contribution in [0.5, 0.6) is 0 Å². The normalized spacial score (nSPS) is 11.3. The van der Waals surface area contributed by atoms with Crippen LogP contribution in [-0.2, 0) is 14.2 Å². The third kappa shape index (κ3) is 5.73. The molecule has 0 rings (SSSR count). The van der Waals surface area contributed by atoms with Gasteiger partial charge in [-0.25, -0.2) is 6.57 Å². The first-order chi connectivity index (χ1) is 7.24. The number of hydrogen-bond acceptors (Lipinski definition) is 3. The van der Waals surface area contributed by atoms with Crippen molar-refractivity contribution in [1.29, 1.82) is 0 Å². The van der Waals surface area contributed by atoms with Gasteiger partial charge in [-0.2, -0.15) is 0 Å². The van der Waals surface area contributed by atoms with Crippen LogP contribution in [0.3, 0.4) is 0 Å². The third-order valence-corrected chi connectivity index (χ3v) is 1.96. The highest BCUT2D eigenvalue weighted by atomic mass is 16.5. The van der Waals surface area contributed by atoms with Crippen molar-refractivity contribution in [2.45, 2.75) is 26.3 Å². The molecule has 0 atom stereocenters. The highest BCUT2D eigenvalue weighted by Crippen LogP contribution is 2.14. The molecule has 0 unspecified atom stereocenters. The summed E-state index contributed by atoms with van der Waals surface area (Å²) in [5.41, 5.74) is -0.679. The van der Waals surface area contributed by atoms with Gasteiger partial charge in [0, 0.05) is 19.8 Å². The third-order valence-electron chi connectivity index (χ3n) is 1.96. The number of nitrogens with zero attached hydrogens (tertiary/aromatic N) is 1. The van der Waals surface area contributed by atoms with Crippen molar-refractivity contribution in [3.8, 4) is 0 Å². The highest BCUT2D eigenvalue weighted by Gasteiger charge is 2.37. The van der Waals surface area contributed by atoms with Crippen LogP contribution >= 0.6 is 0 Å². The maximum atomic E-state index is 7.23. The molecule has 0 bridgehead atoms. The maximum Gasteiger partial charge on any atom is 0.300 e. The molecule has 0 aliphatic carbocycles. The Kier molecular flexibility index (Phi) is 8.30. The van der Waals surface area contributed by atoms with Crippen LogP contribution in [0.4, 0.5) is 0 Å². The summed E-state index contributed by atoms with van der Waals surface area (Å²) in [4.78, 5) is 3.61. The Hall–Kier alpha value is -0.630. The quantitative estimate of drug-likeness (QED) is 0.549. The Morgan fingerprint density at radius 3 is 1.40 bits per heavy atom. The first-order valence-corrected chi connectivity index (χ1v) is 5.36. The molecule has 4 heteroatoms. The Balaban J connectivity index is 4.25. The van der Waals surface area contributed by atoms with E-state index in [0.29, 0.717) is 39.6 Å². The zero-order valence-corrected chi connectivity index (χ0v) is 9.91. The molecule has 0 amide bonds. The molecule has 0 heterocycles. The predicted molar refractivity (Wildman–Crippen MR) is 58.8 cm³/mol. The van der Waals surface area contributed by atoms with Crippen molar-refractivity contribution in [1.82, 2.24) is 0 Å². The Morgan fingerprint density at radius 2 is 1.20 bits per heavy atom. The second-order valence-electron chi connectivity index (χ2n) is 3.25. The van der Waals surface area contributed by atoms with Gasteiger partial charge in [0.05, 0.1) is 0 Å². The number of ether oxygens (including phenoxy) is 3. The fourth-order valence-corrected chi connectivity index (χ4v) is 1.10. The van der Waals surface area contributed by atoms with Crippen molar-refractivity contribution in [2.24, 2.45) is 0 Å². The molecule has 0 N–H and O–H groups in total. The fraction of sp³-hybridized carbons (Fsp3) is 0.909. The van der Waals surface area contributed by atoms with Crippen LogP contribution in [-0.4, -0.2) is 45.2 Å². The molecule has 0 fully saturated rings. The molecule has 4 nitrogen and oxygen atoms in total. The lowest BCUT2D eigenvalue weighted by molar-refractivity contribution is 0.00109. The second-order valence-corrected chi connectivity index (χ2v) is 3.25. The van der Waals surface area contributed by atoms with Gasteiger partial charge in [0.1, 0.15) is 19.8 Å². The standard InChI is InChI=1S/C11H21NO3/c1-5-13-8-11(12-4,9-14-6-2)10-15-7-3/h5-10H2,1-3H3. The van der Waals surface area contributed by atoms with Crippen molar-refractivity contribution in [3.63, 3.8) is 0 Å². The molecule has 0 aliphatic rings. The lowest BCUT2D eigenvalue weighted by Gasteiger charge is -2.21. The monoisotopic (exact) mass is 215 g/mol. The molecule has 0 spiro atoms. The molecule has 0 saturated carbocycles. The van der Waals surface area contributed by atoms with E-state index in [-0.39, 0.29) is 0 Å². The Bertz CT molecular complexity index is 167. The van der Waals surface area contributed by atoms with E-state index in [1.165, 1.54) is 0 Å². The minimum atomic E-state index is -0.679. The smallest absolute Gasteiger partial charge is 0.300 e. The second kappa shape index (κ2) is 8.66. The summed E-state index contributed by atoms with van der Waals surface area (Å²) in [5.74, 6) is 0. The summed E-state index contributed by atoms with van der Waals surface area (Å²) in [6.07, 6.45) is 0. The van der Waals surface area contributed by atoms with E-state index >= 15 is 0 Å². The summed E-state index contributed by atoms with van der Waals surface area (Å²) in [6.45, 7) is 15.9. The molecule has 15 heavy (non-hydrogen) atoms. The largest absolute Gasteiger partial charge is 0.373 e. The maximum absolute atomic E-state index is 7.23. The molecule has 0 aliphatic heterocycles. The average Bonchev–Trinajstić information content (AvgIpc) is 2.29. The zero-order valence-electron chi connectivity index (χ0n) is 9.91. The summed E-state index contributed by atoms with van der Waals surface area (Å²) in [6, 6.07) is 0. The number of rotatable bonds is 9. The molecule has 88 valence electrons. The van der Waals surface area contributed by atoms with Crippen LogP contribution < -0.4 is 0 Å². The van der Waals surface area contributed by atoms with Crippen molar-refractivity contribution < 1.29 is 14.2 Å². The molecule has 0 aromatic heterocycles. The van der Waals surface area contributed by atoms with Gasteiger partial charge < -0.3 is 19.1 Å². The van der Waals surface area contributed by atoms with Gasteiger partial charge in [0.25, 0.3) is 0 Å².